The number of hydrogen-bond acceptors (Lipinski definition) is 4. The molecule has 0 spiro atoms. The van der Waals surface area contributed by atoms with Gasteiger partial charge >= 0.3 is 0 Å². The van der Waals surface area contributed by atoms with E-state index in [4.69, 9.17) is 4.74 Å². The summed E-state index contributed by atoms with van der Waals surface area (Å²) in [6.45, 7) is 7.02. The number of likely N-dealkylation sites (N-methyl/N-ethyl adjacent to an activating group) is 1. The van der Waals surface area contributed by atoms with Crippen molar-refractivity contribution in [1.82, 2.24) is 9.97 Å². The van der Waals surface area contributed by atoms with E-state index in [0.717, 1.165) is 37.6 Å². The van der Waals surface area contributed by atoms with Gasteiger partial charge in [0.2, 0.25) is 0 Å². The third-order valence-corrected chi connectivity index (χ3v) is 3.13. The Hall–Kier alpha value is -1.36. The second-order valence-electron chi connectivity index (χ2n) is 4.54. The molecule has 0 aromatic carbocycles. The van der Waals surface area contributed by atoms with Gasteiger partial charge in [-0.1, -0.05) is 0 Å². The molecule has 5 heteroatoms. The number of aromatic nitrogens is 2. The molecule has 0 amide bonds. The minimum Gasteiger partial charge on any atom is -0.380 e. The van der Waals surface area contributed by atoms with E-state index in [2.05, 4.69) is 21.8 Å². The summed E-state index contributed by atoms with van der Waals surface area (Å²) in [6.07, 6.45) is 2.27. The van der Waals surface area contributed by atoms with Crippen LogP contribution < -0.4 is 10.5 Å². The number of ether oxygens (including phenoxy) is 1. The molecule has 18 heavy (non-hydrogen) atoms. The van der Waals surface area contributed by atoms with Gasteiger partial charge in [-0.05, 0) is 26.7 Å². The zero-order valence-electron chi connectivity index (χ0n) is 11.1. The Morgan fingerprint density at radius 3 is 2.89 bits per heavy atom. The number of rotatable bonds is 7. The molecule has 1 fully saturated rings. The zero-order valence-corrected chi connectivity index (χ0v) is 11.1. The molecule has 1 saturated carbocycles. The fraction of sp³-hybridized carbons (Fsp3) is 0.692. The van der Waals surface area contributed by atoms with E-state index in [9.17, 15) is 4.79 Å². The summed E-state index contributed by atoms with van der Waals surface area (Å²) in [7, 11) is 0. The summed E-state index contributed by atoms with van der Waals surface area (Å²) in [5, 5.41) is 0. The van der Waals surface area contributed by atoms with Crippen LogP contribution in [0, 0.1) is 0 Å². The molecule has 1 aromatic rings. The Kier molecular flexibility index (Phi) is 4.36. The van der Waals surface area contributed by atoms with Gasteiger partial charge in [-0.2, -0.15) is 0 Å². The quantitative estimate of drug-likeness (QED) is 0.746. The first-order valence-electron chi connectivity index (χ1n) is 6.68. The first-order chi connectivity index (χ1) is 8.74. The highest BCUT2D eigenvalue weighted by Gasteiger charge is 2.26. The molecule has 1 aliphatic carbocycles. The topological polar surface area (TPSA) is 58.2 Å². The lowest BCUT2D eigenvalue weighted by Crippen LogP contribution is -2.29. The average Bonchev–Trinajstić information content (AvgIpc) is 3.18. The molecule has 0 atom stereocenters. The van der Waals surface area contributed by atoms with Crippen LogP contribution in [0.2, 0.25) is 0 Å². The number of nitrogens with zero attached hydrogens (tertiary/aromatic N) is 2. The fourth-order valence-electron chi connectivity index (χ4n) is 1.93. The van der Waals surface area contributed by atoms with Crippen molar-refractivity contribution in [2.45, 2.75) is 32.6 Å². The van der Waals surface area contributed by atoms with E-state index in [1.165, 1.54) is 0 Å². The largest absolute Gasteiger partial charge is 0.380 e. The van der Waals surface area contributed by atoms with Crippen LogP contribution in [0.3, 0.4) is 0 Å². The number of hydrogen-bond donors (Lipinski definition) is 1. The van der Waals surface area contributed by atoms with Gasteiger partial charge in [-0.15, -0.1) is 0 Å². The van der Waals surface area contributed by atoms with Crippen molar-refractivity contribution < 1.29 is 4.74 Å². The SMILES string of the molecule is CCOCCN(CC)c1cc(=O)[nH]c(C2CC2)n1. The number of H-pyrrole nitrogens is 1. The highest BCUT2D eigenvalue weighted by Crippen LogP contribution is 2.37. The number of nitrogens with one attached hydrogen (secondary N) is 1. The molecule has 0 bridgehead atoms. The maximum Gasteiger partial charge on any atom is 0.252 e. The fourth-order valence-corrected chi connectivity index (χ4v) is 1.93. The van der Waals surface area contributed by atoms with Crippen LogP contribution in [0.4, 0.5) is 5.82 Å². The molecule has 1 aromatic heterocycles. The van der Waals surface area contributed by atoms with Gasteiger partial charge in [0.25, 0.3) is 5.56 Å². The maximum atomic E-state index is 11.6. The van der Waals surface area contributed by atoms with Crippen molar-refractivity contribution in [3.63, 3.8) is 0 Å². The Balaban J connectivity index is 2.11. The zero-order chi connectivity index (χ0) is 13.0. The van der Waals surface area contributed by atoms with E-state index in [-0.39, 0.29) is 5.56 Å². The summed E-state index contributed by atoms with van der Waals surface area (Å²) in [6, 6.07) is 1.57. The Morgan fingerprint density at radius 1 is 1.50 bits per heavy atom. The van der Waals surface area contributed by atoms with Crippen LogP contribution in [0.1, 0.15) is 38.4 Å². The maximum absolute atomic E-state index is 11.6. The predicted molar refractivity (Wildman–Crippen MR) is 71.2 cm³/mol. The molecule has 0 aliphatic heterocycles. The summed E-state index contributed by atoms with van der Waals surface area (Å²) in [4.78, 5) is 21.1. The average molecular weight is 251 g/mol. The number of anilines is 1. The van der Waals surface area contributed by atoms with Gasteiger partial charge in [0, 0.05) is 31.7 Å². The standard InChI is InChI=1S/C13H21N3O2/c1-3-16(7-8-18-4-2)11-9-12(17)15-13(14-11)10-5-6-10/h9-10H,3-8H2,1-2H3,(H,14,15,17). The van der Waals surface area contributed by atoms with Gasteiger partial charge in [0.1, 0.15) is 11.6 Å². The first-order valence-corrected chi connectivity index (χ1v) is 6.68. The van der Waals surface area contributed by atoms with Gasteiger partial charge in [0.15, 0.2) is 0 Å². The molecule has 0 unspecified atom stereocenters. The molecule has 1 N–H and O–H groups in total. The molecule has 100 valence electrons. The normalized spacial score (nSPS) is 14.8. The van der Waals surface area contributed by atoms with Crippen molar-refractivity contribution >= 4 is 5.82 Å². The highest BCUT2D eigenvalue weighted by atomic mass is 16.5. The van der Waals surface area contributed by atoms with Gasteiger partial charge in [-0.3, -0.25) is 4.79 Å². The van der Waals surface area contributed by atoms with Crippen molar-refractivity contribution in [3.8, 4) is 0 Å². The lowest BCUT2D eigenvalue weighted by Gasteiger charge is -2.21. The van der Waals surface area contributed by atoms with Crippen molar-refractivity contribution in [2.24, 2.45) is 0 Å². The molecular weight excluding hydrogens is 230 g/mol. The summed E-state index contributed by atoms with van der Waals surface area (Å²) >= 11 is 0. The Morgan fingerprint density at radius 2 is 2.28 bits per heavy atom. The lowest BCUT2D eigenvalue weighted by molar-refractivity contribution is 0.154. The second kappa shape index (κ2) is 6.00. The predicted octanol–water partition coefficient (Wildman–Crippen LogP) is 1.51. The lowest BCUT2D eigenvalue weighted by atomic mass is 10.3. The van der Waals surface area contributed by atoms with Gasteiger partial charge < -0.3 is 14.6 Å². The summed E-state index contributed by atoms with van der Waals surface area (Å²) < 4.78 is 5.35. The summed E-state index contributed by atoms with van der Waals surface area (Å²) in [5.74, 6) is 2.07. The molecule has 0 radical (unpaired) electrons. The molecule has 1 heterocycles. The van der Waals surface area contributed by atoms with Crippen molar-refractivity contribution in [1.29, 1.82) is 0 Å². The molecule has 0 saturated heterocycles. The third-order valence-electron chi connectivity index (χ3n) is 3.13. The highest BCUT2D eigenvalue weighted by molar-refractivity contribution is 5.37. The van der Waals surface area contributed by atoms with E-state index in [1.54, 1.807) is 6.07 Å². The minimum atomic E-state index is -0.0586. The van der Waals surface area contributed by atoms with Gasteiger partial charge in [-0.25, -0.2) is 4.98 Å². The molecular formula is C13H21N3O2. The Bertz CT molecular complexity index is 440. The monoisotopic (exact) mass is 251 g/mol. The van der Waals surface area contributed by atoms with Crippen LogP contribution in [-0.4, -0.2) is 36.3 Å². The van der Waals surface area contributed by atoms with E-state index in [1.807, 2.05) is 6.92 Å². The van der Waals surface area contributed by atoms with Crippen LogP contribution in [0.15, 0.2) is 10.9 Å². The van der Waals surface area contributed by atoms with Crippen LogP contribution in [0.5, 0.6) is 0 Å². The Labute approximate surface area is 107 Å². The van der Waals surface area contributed by atoms with E-state index >= 15 is 0 Å². The molecule has 1 aliphatic rings. The second-order valence-corrected chi connectivity index (χ2v) is 4.54. The number of aromatic amines is 1. The summed E-state index contributed by atoms with van der Waals surface area (Å²) in [5.41, 5.74) is -0.0586. The first kappa shape index (κ1) is 13.1. The molecule has 2 rings (SSSR count). The smallest absolute Gasteiger partial charge is 0.252 e. The van der Waals surface area contributed by atoms with Crippen LogP contribution in [-0.2, 0) is 4.74 Å². The van der Waals surface area contributed by atoms with Gasteiger partial charge in [0.05, 0.1) is 6.61 Å². The third kappa shape index (κ3) is 3.32. The van der Waals surface area contributed by atoms with Crippen LogP contribution >= 0.6 is 0 Å². The molecule has 5 nitrogen and oxygen atoms in total. The minimum absolute atomic E-state index is 0.0586. The van der Waals surface area contributed by atoms with Crippen molar-refractivity contribution in [2.75, 3.05) is 31.2 Å². The van der Waals surface area contributed by atoms with Crippen LogP contribution in [0.25, 0.3) is 0 Å². The van der Waals surface area contributed by atoms with E-state index < -0.39 is 0 Å². The van der Waals surface area contributed by atoms with Crippen molar-refractivity contribution in [3.05, 3.63) is 22.2 Å². The van der Waals surface area contributed by atoms with E-state index in [0.29, 0.717) is 19.1 Å².